The van der Waals surface area contributed by atoms with E-state index in [0.717, 1.165) is 10.8 Å². The van der Waals surface area contributed by atoms with Gasteiger partial charge in [0.1, 0.15) is 0 Å². The van der Waals surface area contributed by atoms with Crippen LogP contribution >= 0.6 is 22.5 Å². The van der Waals surface area contributed by atoms with Gasteiger partial charge in [-0.2, -0.15) is 0 Å². The molecule has 0 N–H and O–H groups in total. The normalized spacial score (nSPS) is 9.29. The van der Waals surface area contributed by atoms with E-state index in [4.69, 9.17) is 0 Å². The van der Waals surface area contributed by atoms with E-state index in [9.17, 15) is 0 Å². The smallest absolute Gasteiger partial charge is 0.286 e. The molecule has 1 heterocycles. The van der Waals surface area contributed by atoms with Crippen molar-refractivity contribution in [2.45, 2.75) is 5.22 Å². The molecule has 0 aliphatic carbocycles. The lowest BCUT2D eigenvalue weighted by Crippen LogP contribution is -1.62. The molecule has 0 saturated carbocycles. The first-order valence-electron chi connectivity index (χ1n) is 1.51. The van der Waals surface area contributed by atoms with Gasteiger partial charge in [-0.1, -0.05) is 0 Å². The van der Waals surface area contributed by atoms with Crippen molar-refractivity contribution in [1.29, 1.82) is 0 Å². The Labute approximate surface area is 49.3 Å². The van der Waals surface area contributed by atoms with Gasteiger partial charge < -0.3 is 4.42 Å². The van der Waals surface area contributed by atoms with Crippen molar-refractivity contribution in [3.8, 4) is 0 Å². The van der Waals surface area contributed by atoms with Gasteiger partial charge in [0.15, 0.2) is 0 Å². The van der Waals surface area contributed by atoms with Crippen LogP contribution in [0.25, 0.3) is 0 Å². The van der Waals surface area contributed by atoms with Crippen LogP contribution in [0, 0.1) is 0 Å². The maximum absolute atomic E-state index is 4.65. The summed E-state index contributed by atoms with van der Waals surface area (Å²) in [6.07, 6.45) is 1.26. The van der Waals surface area contributed by atoms with Crippen LogP contribution < -0.4 is 0 Å². The Morgan fingerprint density at radius 2 is 2.71 bits per heavy atom. The molecule has 7 heavy (non-hydrogen) atoms. The zero-order chi connectivity index (χ0) is 5.11. The van der Waals surface area contributed by atoms with Gasteiger partial charge in [-0.05, 0) is 0 Å². The summed E-state index contributed by atoms with van der Waals surface area (Å²) in [5.74, 6) is 0. The van der Waals surface area contributed by atoms with Crippen LogP contribution in [0.1, 0.15) is 0 Å². The molecular weight excluding hydrogens is 132 g/mol. The lowest BCUT2D eigenvalue weighted by Gasteiger charge is -1.73. The molecule has 1 aromatic rings. The SMILES string of the molecule is SSc1nnco1. The molecule has 38 valence electrons. The number of rotatable bonds is 1. The van der Waals surface area contributed by atoms with Crippen LogP contribution in [0.15, 0.2) is 16.0 Å². The Kier molecular flexibility index (Phi) is 1.59. The maximum Gasteiger partial charge on any atom is 0.286 e. The summed E-state index contributed by atoms with van der Waals surface area (Å²) in [5.41, 5.74) is 0. The lowest BCUT2D eigenvalue weighted by molar-refractivity contribution is 0.455. The summed E-state index contributed by atoms with van der Waals surface area (Å²) in [5, 5.41) is 7.39. The molecule has 0 aromatic carbocycles. The summed E-state index contributed by atoms with van der Waals surface area (Å²) in [6.45, 7) is 0. The molecule has 0 spiro atoms. The van der Waals surface area contributed by atoms with E-state index < -0.39 is 0 Å². The first kappa shape index (κ1) is 4.99. The Morgan fingerprint density at radius 3 is 3.00 bits per heavy atom. The first-order valence-corrected chi connectivity index (χ1v) is 3.38. The molecule has 0 amide bonds. The third-order valence-electron chi connectivity index (χ3n) is 0.418. The van der Waals surface area contributed by atoms with Crippen LogP contribution in [-0.4, -0.2) is 10.2 Å². The van der Waals surface area contributed by atoms with E-state index >= 15 is 0 Å². The van der Waals surface area contributed by atoms with E-state index in [1.807, 2.05) is 0 Å². The molecule has 5 heteroatoms. The summed E-state index contributed by atoms with van der Waals surface area (Å²) in [6, 6.07) is 0. The second kappa shape index (κ2) is 2.23. The fourth-order valence-electron chi connectivity index (χ4n) is 0.203. The van der Waals surface area contributed by atoms with Crippen molar-refractivity contribution in [2.24, 2.45) is 0 Å². The molecule has 1 rings (SSSR count). The number of hydrogen-bond acceptors (Lipinski definition) is 5. The van der Waals surface area contributed by atoms with Crippen molar-refractivity contribution >= 4 is 22.5 Å². The van der Waals surface area contributed by atoms with Gasteiger partial charge in [-0.15, -0.1) is 21.9 Å². The maximum atomic E-state index is 4.65. The van der Waals surface area contributed by atoms with Crippen molar-refractivity contribution in [3.63, 3.8) is 0 Å². The van der Waals surface area contributed by atoms with Crippen molar-refractivity contribution in [3.05, 3.63) is 6.39 Å². The van der Waals surface area contributed by atoms with Gasteiger partial charge in [-0.25, -0.2) is 0 Å². The Balaban J connectivity index is 2.76. The molecule has 0 bridgehead atoms. The summed E-state index contributed by atoms with van der Waals surface area (Å²) >= 11 is 3.80. The van der Waals surface area contributed by atoms with Crippen LogP contribution in [0.2, 0.25) is 0 Å². The van der Waals surface area contributed by atoms with E-state index in [-0.39, 0.29) is 0 Å². The fraction of sp³-hybridized carbons (Fsp3) is 0. The van der Waals surface area contributed by atoms with E-state index in [1.54, 1.807) is 0 Å². The van der Waals surface area contributed by atoms with Crippen molar-refractivity contribution in [2.75, 3.05) is 0 Å². The van der Waals surface area contributed by atoms with E-state index in [1.165, 1.54) is 6.39 Å². The van der Waals surface area contributed by atoms with Crippen molar-refractivity contribution in [1.82, 2.24) is 10.2 Å². The van der Waals surface area contributed by atoms with Gasteiger partial charge in [0.05, 0.1) is 0 Å². The van der Waals surface area contributed by atoms with Gasteiger partial charge in [0.2, 0.25) is 6.39 Å². The topological polar surface area (TPSA) is 38.9 Å². The minimum absolute atomic E-state index is 0.475. The zero-order valence-electron chi connectivity index (χ0n) is 3.24. The molecule has 0 saturated heterocycles. The highest BCUT2D eigenvalue weighted by Crippen LogP contribution is 2.16. The molecule has 0 aliphatic rings. The standard InChI is InChI=1S/C2H2N2OS2/c6-7-2-4-3-1-5-2/h1,6H. The number of thiol groups is 1. The second-order valence-corrected chi connectivity index (χ2v) is 1.88. The van der Waals surface area contributed by atoms with Crippen LogP contribution in [0.5, 0.6) is 0 Å². The largest absolute Gasteiger partial charge is 0.418 e. The second-order valence-electron chi connectivity index (χ2n) is 0.796. The molecule has 3 nitrogen and oxygen atoms in total. The average Bonchev–Trinajstić information content (AvgIpc) is 2.14. The van der Waals surface area contributed by atoms with Crippen molar-refractivity contribution < 1.29 is 4.42 Å². The third-order valence-corrected chi connectivity index (χ3v) is 1.22. The molecule has 0 radical (unpaired) electrons. The van der Waals surface area contributed by atoms with Crippen LogP contribution in [0.3, 0.4) is 0 Å². The number of aromatic nitrogens is 2. The van der Waals surface area contributed by atoms with Gasteiger partial charge in [-0.3, -0.25) is 0 Å². The van der Waals surface area contributed by atoms with Crippen LogP contribution in [-0.2, 0) is 0 Å². The molecule has 0 aliphatic heterocycles. The Bertz CT molecular complexity index is 128. The quantitative estimate of drug-likeness (QED) is 0.459. The minimum Gasteiger partial charge on any atom is -0.418 e. The van der Waals surface area contributed by atoms with Gasteiger partial charge in [0, 0.05) is 10.8 Å². The first-order chi connectivity index (χ1) is 3.43. The third kappa shape index (κ3) is 1.10. The zero-order valence-corrected chi connectivity index (χ0v) is 4.95. The van der Waals surface area contributed by atoms with E-state index in [0.29, 0.717) is 5.22 Å². The predicted molar refractivity (Wildman–Crippen MR) is 29.1 cm³/mol. The number of hydrogen-bond donors (Lipinski definition) is 1. The predicted octanol–water partition coefficient (Wildman–Crippen LogP) is 1.01. The highest BCUT2D eigenvalue weighted by Gasteiger charge is 1.90. The Hall–Kier alpha value is -0.160. The van der Waals surface area contributed by atoms with Gasteiger partial charge in [0.25, 0.3) is 5.22 Å². The van der Waals surface area contributed by atoms with E-state index in [2.05, 4.69) is 26.3 Å². The summed E-state index contributed by atoms with van der Waals surface area (Å²) in [4.78, 5) is 0. The highest BCUT2D eigenvalue weighted by atomic mass is 33.1. The molecule has 0 unspecified atom stereocenters. The molecule has 0 atom stereocenters. The number of nitrogens with zero attached hydrogens (tertiary/aromatic N) is 2. The fourth-order valence-corrected chi connectivity index (χ4v) is 0.611. The monoisotopic (exact) mass is 134 g/mol. The van der Waals surface area contributed by atoms with Gasteiger partial charge >= 0.3 is 0 Å². The lowest BCUT2D eigenvalue weighted by atomic mass is 11.5. The average molecular weight is 134 g/mol. The van der Waals surface area contributed by atoms with Crippen LogP contribution in [0.4, 0.5) is 0 Å². The highest BCUT2D eigenvalue weighted by molar-refractivity contribution is 8.68. The molecular formula is C2H2N2OS2. The Morgan fingerprint density at radius 1 is 1.86 bits per heavy atom. The molecule has 0 fully saturated rings. The molecule has 1 aromatic heterocycles. The minimum atomic E-state index is 0.475. The summed E-state index contributed by atoms with van der Waals surface area (Å²) < 4.78 is 4.65. The summed E-state index contributed by atoms with van der Waals surface area (Å²) in [7, 11) is 1.13.